The molecule has 1 atom stereocenters. The Balaban J connectivity index is 0.00000242. The molecule has 1 aromatic carbocycles. The fourth-order valence-corrected chi connectivity index (χ4v) is 3.27. The van der Waals surface area contributed by atoms with Gasteiger partial charge in [0, 0.05) is 62.6 Å². The van der Waals surface area contributed by atoms with Gasteiger partial charge >= 0.3 is 0 Å². The first-order valence-electron chi connectivity index (χ1n) is 8.23. The topological polar surface area (TPSA) is 38.7 Å². The number of aromatic hydroxyl groups is 1. The zero-order valence-electron chi connectivity index (χ0n) is 14.4. The summed E-state index contributed by atoms with van der Waals surface area (Å²) in [4.78, 5) is 4.73. The first kappa shape index (κ1) is 22.3. The van der Waals surface area contributed by atoms with Gasteiger partial charge < -0.3 is 15.3 Å². The van der Waals surface area contributed by atoms with Crippen LogP contribution in [-0.2, 0) is 0 Å². The van der Waals surface area contributed by atoms with Gasteiger partial charge in [0.15, 0.2) is 0 Å². The smallest absolute Gasteiger partial charge is 0.122 e. The van der Waals surface area contributed by atoms with Crippen molar-refractivity contribution in [2.75, 3.05) is 44.2 Å². The molecule has 2 N–H and O–H groups in total. The van der Waals surface area contributed by atoms with Crippen molar-refractivity contribution in [3.8, 4) is 5.75 Å². The maximum absolute atomic E-state index is 10.5. The molecule has 23 heavy (non-hydrogen) atoms. The van der Waals surface area contributed by atoms with Gasteiger partial charge in [-0.25, -0.2) is 0 Å². The predicted octanol–water partition coefficient (Wildman–Crippen LogP) is 3.44. The van der Waals surface area contributed by atoms with E-state index in [4.69, 9.17) is 0 Å². The van der Waals surface area contributed by atoms with Crippen molar-refractivity contribution in [3.05, 3.63) is 23.8 Å². The van der Waals surface area contributed by atoms with E-state index >= 15 is 0 Å². The number of nitrogens with zero attached hydrogens (tertiary/aromatic N) is 2. The number of anilines is 1. The largest absolute Gasteiger partial charge is 0.508 e. The zero-order chi connectivity index (χ0) is 15.2. The van der Waals surface area contributed by atoms with E-state index < -0.39 is 0 Å². The predicted molar refractivity (Wildman–Crippen MR) is 104 cm³/mol. The highest BCUT2D eigenvalue weighted by atomic mass is 35.5. The van der Waals surface area contributed by atoms with Crippen molar-refractivity contribution < 1.29 is 5.11 Å². The minimum Gasteiger partial charge on any atom is -0.508 e. The van der Waals surface area contributed by atoms with Crippen LogP contribution >= 0.6 is 24.8 Å². The van der Waals surface area contributed by atoms with E-state index in [0.717, 1.165) is 56.9 Å². The van der Waals surface area contributed by atoms with E-state index in [1.165, 1.54) is 0 Å². The highest BCUT2D eigenvalue weighted by Gasteiger charge is 2.23. The number of phenolic OH excluding ortho intramolecular Hbond substituents is 1. The first-order chi connectivity index (χ1) is 10.2. The molecule has 0 spiro atoms. The van der Waals surface area contributed by atoms with Gasteiger partial charge in [0.1, 0.15) is 5.75 Å². The maximum Gasteiger partial charge on any atom is 0.122 e. The molecule has 0 radical (unpaired) electrons. The van der Waals surface area contributed by atoms with Crippen LogP contribution in [0.25, 0.3) is 0 Å². The van der Waals surface area contributed by atoms with E-state index in [-0.39, 0.29) is 24.8 Å². The Bertz CT molecular complexity index is 449. The van der Waals surface area contributed by atoms with Crippen LogP contribution < -0.4 is 10.2 Å². The third-order valence-corrected chi connectivity index (χ3v) is 4.48. The molecule has 1 aliphatic rings. The standard InChI is InChI=1S/C17H29N3O.2ClH/c1-4-16(20-11-9-18-10-12-20)15-8-7-14(13-17(15)21)19(5-2)6-3;;/h7-8,13,16,18,21H,4-6,9-12H2,1-3H3;2*1H/t16-;;/m1../s1. The number of piperazine rings is 1. The van der Waals surface area contributed by atoms with Crippen molar-refractivity contribution in [2.45, 2.75) is 33.2 Å². The molecule has 1 fully saturated rings. The van der Waals surface area contributed by atoms with Gasteiger partial charge in [-0.1, -0.05) is 13.0 Å². The van der Waals surface area contributed by atoms with Crippen molar-refractivity contribution in [2.24, 2.45) is 0 Å². The Hall–Kier alpha value is -0.680. The Kier molecular flexibility index (Phi) is 10.7. The quantitative estimate of drug-likeness (QED) is 0.811. The molecule has 0 unspecified atom stereocenters. The summed E-state index contributed by atoms with van der Waals surface area (Å²) in [7, 11) is 0. The normalized spacial score (nSPS) is 16.1. The van der Waals surface area contributed by atoms with Crippen LogP contribution in [-0.4, -0.2) is 49.3 Å². The first-order valence-corrected chi connectivity index (χ1v) is 8.23. The van der Waals surface area contributed by atoms with Crippen LogP contribution in [0.3, 0.4) is 0 Å². The van der Waals surface area contributed by atoms with Crippen molar-refractivity contribution >= 4 is 30.5 Å². The number of benzene rings is 1. The third kappa shape index (κ3) is 5.42. The number of phenols is 1. The Morgan fingerprint density at radius 2 is 1.74 bits per heavy atom. The molecule has 1 saturated heterocycles. The van der Waals surface area contributed by atoms with Gasteiger partial charge in [-0.15, -0.1) is 24.8 Å². The lowest BCUT2D eigenvalue weighted by Crippen LogP contribution is -2.45. The summed E-state index contributed by atoms with van der Waals surface area (Å²) < 4.78 is 0. The van der Waals surface area contributed by atoms with E-state index in [1.54, 1.807) is 0 Å². The zero-order valence-corrected chi connectivity index (χ0v) is 16.1. The molecular weight excluding hydrogens is 333 g/mol. The number of hydrogen-bond acceptors (Lipinski definition) is 4. The van der Waals surface area contributed by atoms with Gasteiger partial charge in [-0.3, -0.25) is 4.90 Å². The van der Waals surface area contributed by atoms with E-state index in [1.807, 2.05) is 6.07 Å². The van der Waals surface area contributed by atoms with Crippen LogP contribution in [0.1, 0.15) is 38.8 Å². The lowest BCUT2D eigenvalue weighted by Gasteiger charge is -2.35. The molecule has 6 heteroatoms. The number of nitrogens with one attached hydrogen (secondary N) is 1. The molecule has 1 heterocycles. The van der Waals surface area contributed by atoms with Crippen LogP contribution in [0.5, 0.6) is 5.75 Å². The van der Waals surface area contributed by atoms with Crippen LogP contribution in [0.4, 0.5) is 5.69 Å². The van der Waals surface area contributed by atoms with Gasteiger partial charge in [-0.2, -0.15) is 0 Å². The lowest BCUT2D eigenvalue weighted by molar-refractivity contribution is 0.167. The minimum atomic E-state index is 0. The van der Waals surface area contributed by atoms with Gasteiger partial charge in [0.25, 0.3) is 0 Å². The molecule has 0 saturated carbocycles. The summed E-state index contributed by atoms with van der Waals surface area (Å²) in [6.45, 7) is 12.6. The van der Waals surface area contributed by atoms with Gasteiger partial charge in [0.05, 0.1) is 0 Å². The molecule has 0 bridgehead atoms. The fourth-order valence-electron chi connectivity index (χ4n) is 3.27. The summed E-state index contributed by atoms with van der Waals surface area (Å²) in [5.41, 5.74) is 2.17. The summed E-state index contributed by atoms with van der Waals surface area (Å²) in [6.07, 6.45) is 1.03. The minimum absolute atomic E-state index is 0. The lowest BCUT2D eigenvalue weighted by atomic mass is 10.00. The molecule has 0 amide bonds. The number of hydrogen-bond donors (Lipinski definition) is 2. The van der Waals surface area contributed by atoms with Crippen LogP contribution in [0.15, 0.2) is 18.2 Å². The average molecular weight is 364 g/mol. The SMILES string of the molecule is CC[C@H](c1ccc(N(CC)CC)cc1O)N1CCNCC1.Cl.Cl. The van der Waals surface area contributed by atoms with E-state index in [2.05, 4.69) is 48.0 Å². The van der Waals surface area contributed by atoms with Crippen LogP contribution in [0.2, 0.25) is 0 Å². The van der Waals surface area contributed by atoms with Crippen molar-refractivity contribution in [1.29, 1.82) is 0 Å². The second kappa shape index (κ2) is 11.0. The molecular formula is C17H31Cl2N3O. The molecule has 2 rings (SSSR count). The Labute approximate surface area is 153 Å². The molecule has 0 aliphatic carbocycles. The maximum atomic E-state index is 10.5. The molecule has 4 nitrogen and oxygen atoms in total. The summed E-state index contributed by atoms with van der Waals surface area (Å²) >= 11 is 0. The summed E-state index contributed by atoms with van der Waals surface area (Å²) in [5, 5.41) is 13.9. The fraction of sp³-hybridized carbons (Fsp3) is 0.647. The third-order valence-electron chi connectivity index (χ3n) is 4.48. The van der Waals surface area contributed by atoms with E-state index in [0.29, 0.717) is 11.8 Å². The molecule has 1 aliphatic heterocycles. The molecule has 0 aromatic heterocycles. The van der Waals surface area contributed by atoms with Gasteiger partial charge in [-0.05, 0) is 26.3 Å². The van der Waals surface area contributed by atoms with E-state index in [9.17, 15) is 5.11 Å². The number of halogens is 2. The van der Waals surface area contributed by atoms with Crippen molar-refractivity contribution in [1.82, 2.24) is 10.2 Å². The molecule has 134 valence electrons. The van der Waals surface area contributed by atoms with Crippen LogP contribution in [0, 0.1) is 0 Å². The number of rotatable bonds is 6. The highest BCUT2D eigenvalue weighted by Crippen LogP contribution is 2.34. The highest BCUT2D eigenvalue weighted by molar-refractivity contribution is 5.85. The molecule has 1 aromatic rings. The Morgan fingerprint density at radius 3 is 2.22 bits per heavy atom. The van der Waals surface area contributed by atoms with Crippen molar-refractivity contribution in [3.63, 3.8) is 0 Å². The Morgan fingerprint density at radius 1 is 1.13 bits per heavy atom. The second-order valence-electron chi connectivity index (χ2n) is 5.63. The summed E-state index contributed by atoms with van der Waals surface area (Å²) in [5.74, 6) is 0.435. The van der Waals surface area contributed by atoms with Gasteiger partial charge in [0.2, 0.25) is 0 Å². The second-order valence-corrected chi connectivity index (χ2v) is 5.63. The monoisotopic (exact) mass is 363 g/mol. The average Bonchev–Trinajstić information content (AvgIpc) is 2.52. The summed E-state index contributed by atoms with van der Waals surface area (Å²) in [6, 6.07) is 6.50.